The van der Waals surface area contributed by atoms with Gasteiger partial charge in [0.25, 0.3) is 0 Å². The molecule has 0 amide bonds. The second-order valence-corrected chi connectivity index (χ2v) is 4.95. The molecule has 0 aromatic carbocycles. The van der Waals surface area contributed by atoms with Crippen LogP contribution in [0.5, 0.6) is 0 Å². The van der Waals surface area contributed by atoms with Crippen molar-refractivity contribution in [2.24, 2.45) is 0 Å². The summed E-state index contributed by atoms with van der Waals surface area (Å²) in [4.78, 5) is 2.49. The molecule has 0 bridgehead atoms. The van der Waals surface area contributed by atoms with E-state index in [1.165, 1.54) is 64.6 Å². The second-order valence-electron chi connectivity index (χ2n) is 4.95. The van der Waals surface area contributed by atoms with E-state index in [-0.39, 0.29) is 0 Å². The zero-order valence-electron chi connectivity index (χ0n) is 10.6. The third-order valence-corrected chi connectivity index (χ3v) is 3.42. The lowest BCUT2D eigenvalue weighted by Crippen LogP contribution is -2.36. The van der Waals surface area contributed by atoms with Gasteiger partial charge in [-0.05, 0) is 52.4 Å². The summed E-state index contributed by atoms with van der Waals surface area (Å²) in [7, 11) is 2.26. The van der Waals surface area contributed by atoms with Gasteiger partial charge in [0.1, 0.15) is 0 Å². The first kappa shape index (κ1) is 13.0. The van der Waals surface area contributed by atoms with Crippen molar-refractivity contribution in [2.45, 2.75) is 57.9 Å². The van der Waals surface area contributed by atoms with Gasteiger partial charge in [0, 0.05) is 6.04 Å². The van der Waals surface area contributed by atoms with E-state index < -0.39 is 0 Å². The topological polar surface area (TPSA) is 15.3 Å². The minimum atomic E-state index is 0.798. The van der Waals surface area contributed by atoms with Crippen molar-refractivity contribution >= 4 is 0 Å². The van der Waals surface area contributed by atoms with Gasteiger partial charge in [0.05, 0.1) is 0 Å². The Hall–Kier alpha value is -0.0800. The average molecular weight is 212 g/mol. The van der Waals surface area contributed by atoms with Crippen LogP contribution in [0.2, 0.25) is 0 Å². The SMILES string of the molecule is CCCCCN(C)CCC1CCCCN1. The van der Waals surface area contributed by atoms with Crippen molar-refractivity contribution in [3.63, 3.8) is 0 Å². The summed E-state index contributed by atoms with van der Waals surface area (Å²) in [6.45, 7) is 6.05. The van der Waals surface area contributed by atoms with Crippen LogP contribution in [-0.4, -0.2) is 37.6 Å². The number of unbranched alkanes of at least 4 members (excludes halogenated alkanes) is 2. The molecule has 1 atom stereocenters. The van der Waals surface area contributed by atoms with E-state index in [0.29, 0.717) is 0 Å². The molecule has 1 N–H and O–H groups in total. The Labute approximate surface area is 95.4 Å². The van der Waals surface area contributed by atoms with Gasteiger partial charge in [-0.3, -0.25) is 0 Å². The third kappa shape index (κ3) is 6.16. The fourth-order valence-corrected chi connectivity index (χ4v) is 2.29. The molecule has 1 fully saturated rings. The summed E-state index contributed by atoms with van der Waals surface area (Å²) >= 11 is 0. The number of hydrogen-bond acceptors (Lipinski definition) is 2. The Bertz CT molecular complexity index is 141. The van der Waals surface area contributed by atoms with Gasteiger partial charge < -0.3 is 10.2 Å². The fraction of sp³-hybridized carbons (Fsp3) is 1.00. The number of hydrogen-bond donors (Lipinski definition) is 1. The molecule has 2 nitrogen and oxygen atoms in total. The van der Waals surface area contributed by atoms with Gasteiger partial charge in [-0.1, -0.05) is 26.2 Å². The minimum absolute atomic E-state index is 0.798. The number of rotatable bonds is 7. The molecule has 1 aliphatic heterocycles. The van der Waals surface area contributed by atoms with Gasteiger partial charge >= 0.3 is 0 Å². The highest BCUT2D eigenvalue weighted by Gasteiger charge is 2.12. The van der Waals surface area contributed by atoms with E-state index in [9.17, 15) is 0 Å². The second kappa shape index (κ2) is 8.12. The van der Waals surface area contributed by atoms with Crippen molar-refractivity contribution in [3.05, 3.63) is 0 Å². The van der Waals surface area contributed by atoms with E-state index in [2.05, 4.69) is 24.2 Å². The quantitative estimate of drug-likeness (QED) is 0.653. The number of nitrogens with zero attached hydrogens (tertiary/aromatic N) is 1. The summed E-state index contributed by atoms with van der Waals surface area (Å²) in [6.07, 6.45) is 9.61. The molecule has 2 heteroatoms. The Morgan fingerprint density at radius 2 is 2.07 bits per heavy atom. The lowest BCUT2D eigenvalue weighted by molar-refractivity contribution is 0.283. The number of nitrogens with one attached hydrogen (secondary N) is 1. The predicted octanol–water partition coefficient (Wildman–Crippen LogP) is 2.64. The van der Waals surface area contributed by atoms with Crippen molar-refractivity contribution < 1.29 is 0 Å². The first-order valence-electron chi connectivity index (χ1n) is 6.75. The minimum Gasteiger partial charge on any atom is -0.314 e. The van der Waals surface area contributed by atoms with Crippen LogP contribution in [0.1, 0.15) is 51.9 Å². The van der Waals surface area contributed by atoms with Crippen LogP contribution in [0.25, 0.3) is 0 Å². The maximum Gasteiger partial charge on any atom is 0.00792 e. The van der Waals surface area contributed by atoms with Crippen LogP contribution in [0.4, 0.5) is 0 Å². The molecule has 0 spiro atoms. The van der Waals surface area contributed by atoms with E-state index in [1.807, 2.05) is 0 Å². The molecule has 1 saturated heterocycles. The molecule has 1 heterocycles. The smallest absolute Gasteiger partial charge is 0.00792 e. The molecule has 0 saturated carbocycles. The predicted molar refractivity (Wildman–Crippen MR) is 67.3 cm³/mol. The highest BCUT2D eigenvalue weighted by molar-refractivity contribution is 4.73. The summed E-state index contributed by atoms with van der Waals surface area (Å²) < 4.78 is 0. The maximum absolute atomic E-state index is 3.62. The van der Waals surface area contributed by atoms with Gasteiger partial charge in [-0.25, -0.2) is 0 Å². The summed E-state index contributed by atoms with van der Waals surface area (Å²) in [6, 6.07) is 0.798. The average Bonchev–Trinajstić information content (AvgIpc) is 2.28. The van der Waals surface area contributed by atoms with Crippen molar-refractivity contribution in [2.75, 3.05) is 26.7 Å². The standard InChI is InChI=1S/C13H28N2/c1-3-4-7-11-15(2)12-9-13-8-5-6-10-14-13/h13-14H,3-12H2,1-2H3. The van der Waals surface area contributed by atoms with Crippen molar-refractivity contribution in [3.8, 4) is 0 Å². The normalized spacial score (nSPS) is 22.2. The van der Waals surface area contributed by atoms with E-state index in [0.717, 1.165) is 6.04 Å². The largest absolute Gasteiger partial charge is 0.314 e. The third-order valence-electron chi connectivity index (χ3n) is 3.42. The Kier molecular flexibility index (Phi) is 7.03. The van der Waals surface area contributed by atoms with Crippen LogP contribution in [0.3, 0.4) is 0 Å². The first-order valence-corrected chi connectivity index (χ1v) is 6.75. The molecule has 0 aromatic heterocycles. The highest BCUT2D eigenvalue weighted by Crippen LogP contribution is 2.10. The molecule has 0 radical (unpaired) electrons. The van der Waals surface area contributed by atoms with Gasteiger partial charge in [0.2, 0.25) is 0 Å². The lowest BCUT2D eigenvalue weighted by Gasteiger charge is -2.25. The van der Waals surface area contributed by atoms with Crippen LogP contribution >= 0.6 is 0 Å². The molecule has 1 rings (SSSR count). The lowest BCUT2D eigenvalue weighted by atomic mass is 10.0. The highest BCUT2D eigenvalue weighted by atomic mass is 15.1. The van der Waals surface area contributed by atoms with Crippen molar-refractivity contribution in [1.29, 1.82) is 0 Å². The molecule has 90 valence electrons. The fourth-order valence-electron chi connectivity index (χ4n) is 2.29. The van der Waals surface area contributed by atoms with Gasteiger partial charge in [0.15, 0.2) is 0 Å². The van der Waals surface area contributed by atoms with Crippen LogP contribution in [0, 0.1) is 0 Å². The first-order chi connectivity index (χ1) is 7.33. The van der Waals surface area contributed by atoms with E-state index in [4.69, 9.17) is 0 Å². The van der Waals surface area contributed by atoms with E-state index in [1.54, 1.807) is 0 Å². The monoisotopic (exact) mass is 212 g/mol. The number of piperidine rings is 1. The summed E-state index contributed by atoms with van der Waals surface area (Å²) in [5.41, 5.74) is 0. The zero-order chi connectivity index (χ0) is 10.9. The maximum atomic E-state index is 3.62. The molecule has 0 aliphatic carbocycles. The van der Waals surface area contributed by atoms with Crippen molar-refractivity contribution in [1.82, 2.24) is 10.2 Å². The zero-order valence-corrected chi connectivity index (χ0v) is 10.6. The Balaban J connectivity index is 1.97. The molecular formula is C13H28N2. The molecule has 1 aliphatic rings. The molecule has 15 heavy (non-hydrogen) atoms. The van der Waals surface area contributed by atoms with Crippen LogP contribution < -0.4 is 5.32 Å². The Morgan fingerprint density at radius 1 is 1.20 bits per heavy atom. The Morgan fingerprint density at radius 3 is 2.73 bits per heavy atom. The molecule has 1 unspecified atom stereocenters. The molecular weight excluding hydrogens is 184 g/mol. The summed E-state index contributed by atoms with van der Waals surface area (Å²) in [5.74, 6) is 0. The van der Waals surface area contributed by atoms with E-state index >= 15 is 0 Å². The van der Waals surface area contributed by atoms with Gasteiger partial charge in [-0.15, -0.1) is 0 Å². The van der Waals surface area contributed by atoms with Crippen LogP contribution in [0.15, 0.2) is 0 Å². The summed E-state index contributed by atoms with van der Waals surface area (Å²) in [5, 5.41) is 3.62. The molecule has 0 aromatic rings. The van der Waals surface area contributed by atoms with Gasteiger partial charge in [-0.2, -0.15) is 0 Å². The van der Waals surface area contributed by atoms with Crippen LogP contribution in [-0.2, 0) is 0 Å².